The van der Waals surface area contributed by atoms with E-state index in [2.05, 4.69) is 33.8 Å². The summed E-state index contributed by atoms with van der Waals surface area (Å²) in [6.07, 6.45) is 1.82. The fourth-order valence-corrected chi connectivity index (χ4v) is 3.63. The molecule has 4 aromatic carbocycles. The van der Waals surface area contributed by atoms with Crippen LogP contribution in [0, 0.1) is 0 Å². The van der Waals surface area contributed by atoms with E-state index in [9.17, 15) is 19.2 Å². The van der Waals surface area contributed by atoms with Gasteiger partial charge >= 0.3 is 0 Å². The first-order chi connectivity index (χ1) is 18.2. The van der Waals surface area contributed by atoms with Gasteiger partial charge in [0.1, 0.15) is 5.69 Å². The van der Waals surface area contributed by atoms with E-state index in [0.29, 0.717) is 5.69 Å². The molecule has 0 aliphatic carbocycles. The van der Waals surface area contributed by atoms with Gasteiger partial charge in [0.25, 0.3) is 21.7 Å². The molecule has 0 fully saturated rings. The Morgan fingerprint density at radius 1 is 0.632 bits per heavy atom. The van der Waals surface area contributed by atoms with E-state index < -0.39 is 21.7 Å². The van der Waals surface area contributed by atoms with Crippen molar-refractivity contribution in [3.8, 4) is 17.2 Å². The average molecular weight is 523 g/mol. The maximum atomic E-state index is 11.5. The Morgan fingerprint density at radius 3 is 1.45 bits per heavy atom. The number of hydrogen-bond acceptors (Lipinski definition) is 9. The molecule has 0 unspecified atom stereocenters. The van der Waals surface area contributed by atoms with Crippen LogP contribution in [-0.4, -0.2) is 21.3 Å². The first kappa shape index (κ1) is 30.0. The SMILES string of the molecule is CC[C@@H](N)c1ccccc1.CC[C@@H](Nc1c(OC)c(=O)c1=O)c1ccccc1.COc1c(OC)c(=O)c1=O. The van der Waals surface area contributed by atoms with Crippen LogP contribution in [-0.2, 0) is 0 Å². The van der Waals surface area contributed by atoms with Crippen molar-refractivity contribution >= 4 is 5.69 Å². The highest BCUT2D eigenvalue weighted by atomic mass is 16.5. The Balaban J connectivity index is 0.000000216. The molecule has 0 aliphatic heterocycles. The van der Waals surface area contributed by atoms with Crippen LogP contribution in [0.15, 0.2) is 79.8 Å². The Hall–Kier alpha value is -4.24. The van der Waals surface area contributed by atoms with Gasteiger partial charge in [-0.15, -0.1) is 0 Å². The van der Waals surface area contributed by atoms with Crippen LogP contribution in [0.3, 0.4) is 0 Å². The zero-order chi connectivity index (χ0) is 28.2. The highest BCUT2D eigenvalue weighted by Crippen LogP contribution is 2.25. The fourth-order valence-electron chi connectivity index (χ4n) is 3.63. The smallest absolute Gasteiger partial charge is 0.275 e. The van der Waals surface area contributed by atoms with Crippen LogP contribution in [0.2, 0.25) is 0 Å². The second kappa shape index (κ2) is 14.5. The average Bonchev–Trinajstić information content (AvgIpc) is 2.97. The maximum Gasteiger partial charge on any atom is 0.275 e. The Labute approximate surface area is 221 Å². The molecule has 9 nitrogen and oxygen atoms in total. The molecule has 0 saturated carbocycles. The summed E-state index contributed by atoms with van der Waals surface area (Å²) >= 11 is 0. The lowest BCUT2D eigenvalue weighted by Gasteiger charge is -2.20. The summed E-state index contributed by atoms with van der Waals surface area (Å²) in [4.78, 5) is 43.8. The molecule has 9 heteroatoms. The third-order valence-corrected chi connectivity index (χ3v) is 5.90. The van der Waals surface area contributed by atoms with E-state index in [1.54, 1.807) is 0 Å². The van der Waals surface area contributed by atoms with Crippen molar-refractivity contribution in [3.63, 3.8) is 0 Å². The minimum atomic E-state index is -0.612. The van der Waals surface area contributed by atoms with Gasteiger partial charge in [0.05, 0.1) is 27.4 Å². The number of nitrogens with one attached hydrogen (secondary N) is 1. The molecule has 0 spiro atoms. The van der Waals surface area contributed by atoms with Crippen LogP contribution in [0.4, 0.5) is 5.69 Å². The Bertz CT molecular complexity index is 1390. The van der Waals surface area contributed by atoms with Crippen LogP contribution in [0.5, 0.6) is 17.2 Å². The second-order valence-electron chi connectivity index (χ2n) is 8.23. The lowest BCUT2D eigenvalue weighted by Crippen LogP contribution is -2.36. The van der Waals surface area contributed by atoms with Crippen LogP contribution in [0.1, 0.15) is 49.9 Å². The quantitative estimate of drug-likeness (QED) is 0.318. The number of hydrogen-bond donors (Lipinski definition) is 2. The lowest BCUT2D eigenvalue weighted by molar-refractivity contribution is 0.339. The molecule has 0 amide bonds. The van der Waals surface area contributed by atoms with Gasteiger partial charge in [0.15, 0.2) is 5.75 Å². The van der Waals surface area contributed by atoms with Crippen LogP contribution in [0.25, 0.3) is 0 Å². The van der Waals surface area contributed by atoms with E-state index in [1.807, 2.05) is 55.5 Å². The van der Waals surface area contributed by atoms with E-state index in [0.717, 1.165) is 18.4 Å². The highest BCUT2D eigenvalue weighted by Gasteiger charge is 2.24. The normalized spacial score (nSPS) is 11.8. The second-order valence-corrected chi connectivity index (χ2v) is 8.23. The van der Waals surface area contributed by atoms with E-state index in [-0.39, 0.29) is 29.3 Å². The zero-order valence-electron chi connectivity index (χ0n) is 22.3. The molecule has 0 aromatic heterocycles. The number of nitrogens with two attached hydrogens (primary N) is 1. The summed E-state index contributed by atoms with van der Waals surface area (Å²) in [7, 11) is 4.03. The van der Waals surface area contributed by atoms with Crippen molar-refractivity contribution in [1.29, 1.82) is 0 Å². The van der Waals surface area contributed by atoms with E-state index >= 15 is 0 Å². The molecular weight excluding hydrogens is 488 g/mol. The third-order valence-electron chi connectivity index (χ3n) is 5.90. The van der Waals surface area contributed by atoms with Crippen LogP contribution >= 0.6 is 0 Å². The predicted molar refractivity (Wildman–Crippen MR) is 149 cm³/mol. The molecule has 0 heterocycles. The predicted octanol–water partition coefficient (Wildman–Crippen LogP) is 3.25. The van der Waals surface area contributed by atoms with Crippen molar-refractivity contribution < 1.29 is 14.2 Å². The summed E-state index contributed by atoms with van der Waals surface area (Å²) in [5.74, 6) is 0.175. The van der Waals surface area contributed by atoms with Gasteiger partial charge in [-0.05, 0) is 24.0 Å². The van der Waals surface area contributed by atoms with Gasteiger partial charge < -0.3 is 25.3 Å². The van der Waals surface area contributed by atoms with Gasteiger partial charge in [0.2, 0.25) is 11.5 Å². The monoisotopic (exact) mass is 522 g/mol. The zero-order valence-corrected chi connectivity index (χ0v) is 22.3. The highest BCUT2D eigenvalue weighted by molar-refractivity contribution is 5.62. The summed E-state index contributed by atoms with van der Waals surface area (Å²) in [6.45, 7) is 4.11. The van der Waals surface area contributed by atoms with Crippen molar-refractivity contribution in [3.05, 3.63) is 113 Å². The molecule has 4 rings (SSSR count). The molecule has 4 aromatic rings. The maximum absolute atomic E-state index is 11.5. The van der Waals surface area contributed by atoms with Crippen LogP contribution < -0.4 is 47.0 Å². The van der Waals surface area contributed by atoms with Gasteiger partial charge in [-0.2, -0.15) is 0 Å². The molecule has 0 radical (unpaired) electrons. The summed E-state index contributed by atoms with van der Waals surface area (Å²) < 4.78 is 14.0. The van der Waals surface area contributed by atoms with Gasteiger partial charge in [-0.3, -0.25) is 19.2 Å². The first-order valence-corrected chi connectivity index (χ1v) is 12.2. The van der Waals surface area contributed by atoms with Gasteiger partial charge in [-0.1, -0.05) is 74.5 Å². The van der Waals surface area contributed by atoms with Crippen molar-refractivity contribution in [1.82, 2.24) is 0 Å². The molecule has 3 N–H and O–H groups in total. The Morgan fingerprint density at radius 2 is 1.05 bits per heavy atom. The number of benzene rings is 2. The van der Waals surface area contributed by atoms with Gasteiger partial charge in [-0.25, -0.2) is 0 Å². The van der Waals surface area contributed by atoms with Gasteiger partial charge in [0, 0.05) is 6.04 Å². The number of anilines is 1. The molecule has 38 heavy (non-hydrogen) atoms. The Kier molecular flexibility index (Phi) is 11.4. The number of rotatable bonds is 9. The summed E-state index contributed by atoms with van der Waals surface area (Å²) in [6, 6.07) is 20.2. The topological polar surface area (TPSA) is 134 Å². The first-order valence-electron chi connectivity index (χ1n) is 12.2. The summed E-state index contributed by atoms with van der Waals surface area (Å²) in [5, 5.41) is 3.08. The number of ether oxygens (including phenoxy) is 3. The standard InChI is InChI=1S/C14H15NO3.C9H13N.C6H6O4/c1-3-10(9-7-5-4-6-8-9)15-11-12(16)13(17)14(11)18-2;1-2-9(10)8-6-4-3-5-7-8;1-9-5-3(7)4(8)6(5)10-2/h4-8,10,15H,3H2,1-2H3;3-7,9H,2,10H2,1H3;1-2H3/t10-;9-;/m11./s1. The minimum Gasteiger partial charge on any atom is -0.491 e. The molecule has 0 aliphatic rings. The largest absolute Gasteiger partial charge is 0.491 e. The third kappa shape index (κ3) is 6.95. The molecular formula is C29H34N2O7. The lowest BCUT2D eigenvalue weighted by atomic mass is 10.0. The van der Waals surface area contributed by atoms with Crippen molar-refractivity contribution in [2.75, 3.05) is 26.6 Å². The fraction of sp³-hybridized carbons (Fsp3) is 0.310. The van der Waals surface area contributed by atoms with E-state index in [1.165, 1.54) is 26.9 Å². The molecule has 202 valence electrons. The van der Waals surface area contributed by atoms with Crippen molar-refractivity contribution in [2.24, 2.45) is 5.73 Å². The number of methoxy groups -OCH3 is 3. The minimum absolute atomic E-state index is 0.00315. The van der Waals surface area contributed by atoms with E-state index in [4.69, 9.17) is 10.5 Å². The molecule has 0 saturated heterocycles. The molecule has 2 atom stereocenters. The molecule has 0 bridgehead atoms. The van der Waals surface area contributed by atoms with Crippen molar-refractivity contribution in [2.45, 2.75) is 38.8 Å². The summed E-state index contributed by atoms with van der Waals surface area (Å²) in [5.41, 5.74) is 6.11.